The van der Waals surface area contributed by atoms with E-state index in [0.717, 1.165) is 16.0 Å². The number of nitriles is 1. The molecule has 0 radical (unpaired) electrons. The monoisotopic (exact) mass is 806 g/mol. The SMILES string of the molecule is Cc1c(N(C(=O)c2cc(-c3cc4c(cc3C(=O)N3Cc5ccccc5C[C@H]3C)CN(C(=O)C(F)(F)c3ccccc3)CC4)n(C)c2C)c2ccc(O)cc2)cc(C#N)n1C. The van der Waals surface area contributed by atoms with E-state index in [1.807, 2.05) is 61.6 Å². The maximum atomic E-state index is 15.6. The van der Waals surface area contributed by atoms with Gasteiger partial charge in [-0.05, 0) is 104 Å². The molecule has 8 rings (SSSR count). The number of rotatable bonds is 7. The fourth-order valence-electron chi connectivity index (χ4n) is 8.53. The van der Waals surface area contributed by atoms with Gasteiger partial charge in [-0.15, -0.1) is 0 Å². The molecule has 0 spiro atoms. The molecule has 0 saturated carbocycles. The summed E-state index contributed by atoms with van der Waals surface area (Å²) < 4.78 is 34.8. The number of phenolic OH excluding ortho intramolecular Hbond substituents is 1. The summed E-state index contributed by atoms with van der Waals surface area (Å²) in [5.41, 5.74) is 7.70. The van der Waals surface area contributed by atoms with Gasteiger partial charge < -0.3 is 24.0 Å². The molecule has 6 aromatic rings. The number of hydrogen-bond donors (Lipinski definition) is 1. The number of carbonyl (C=O) groups is 3. The number of aromatic hydroxyl groups is 1. The molecule has 0 saturated heterocycles. The van der Waals surface area contributed by atoms with Crippen molar-refractivity contribution in [3.05, 3.63) is 159 Å². The van der Waals surface area contributed by atoms with E-state index < -0.39 is 11.8 Å². The Morgan fingerprint density at radius 3 is 2.17 bits per heavy atom. The zero-order valence-corrected chi connectivity index (χ0v) is 34.0. The molecule has 3 amide bonds. The summed E-state index contributed by atoms with van der Waals surface area (Å²) >= 11 is 0. The van der Waals surface area contributed by atoms with Gasteiger partial charge in [-0.25, -0.2) is 0 Å². The minimum Gasteiger partial charge on any atom is -0.508 e. The number of phenols is 1. The fourth-order valence-corrected chi connectivity index (χ4v) is 8.53. The van der Waals surface area contributed by atoms with Crippen molar-refractivity contribution < 1.29 is 28.3 Å². The van der Waals surface area contributed by atoms with Crippen molar-refractivity contribution in [2.45, 2.75) is 58.7 Å². The van der Waals surface area contributed by atoms with Crippen LogP contribution in [-0.2, 0) is 50.7 Å². The second-order valence-electron chi connectivity index (χ2n) is 15.8. The minimum absolute atomic E-state index is 0.0281. The lowest BCUT2D eigenvalue weighted by Crippen LogP contribution is -2.45. The third-order valence-corrected chi connectivity index (χ3v) is 12.3. The lowest BCUT2D eigenvalue weighted by atomic mass is 9.89. The summed E-state index contributed by atoms with van der Waals surface area (Å²) in [6.07, 6.45) is 0.930. The van der Waals surface area contributed by atoms with Crippen LogP contribution in [0.3, 0.4) is 0 Å². The maximum Gasteiger partial charge on any atom is 0.349 e. The van der Waals surface area contributed by atoms with Crippen molar-refractivity contribution in [3.8, 4) is 23.1 Å². The van der Waals surface area contributed by atoms with Crippen LogP contribution in [0.2, 0.25) is 0 Å². The first kappa shape index (κ1) is 39.8. The van der Waals surface area contributed by atoms with Crippen LogP contribution in [0.5, 0.6) is 5.75 Å². The molecular weight excluding hydrogens is 763 g/mol. The smallest absolute Gasteiger partial charge is 0.349 e. The second kappa shape index (κ2) is 15.3. The zero-order chi connectivity index (χ0) is 42.6. The molecule has 0 bridgehead atoms. The average molecular weight is 807 g/mol. The minimum atomic E-state index is -3.74. The number of nitrogens with zero attached hydrogens (tertiary/aromatic N) is 6. The molecule has 1 N–H and O–H groups in total. The van der Waals surface area contributed by atoms with Gasteiger partial charge in [0.25, 0.3) is 17.7 Å². The van der Waals surface area contributed by atoms with Crippen molar-refractivity contribution >= 4 is 29.1 Å². The van der Waals surface area contributed by atoms with Crippen molar-refractivity contribution in [1.29, 1.82) is 5.26 Å². The summed E-state index contributed by atoms with van der Waals surface area (Å²) in [5.74, 6) is -5.65. The maximum absolute atomic E-state index is 15.6. The van der Waals surface area contributed by atoms with Crippen LogP contribution in [0, 0.1) is 25.2 Å². The number of fused-ring (bicyclic) bond motifs is 2. The number of aromatic nitrogens is 2. The van der Waals surface area contributed by atoms with Gasteiger partial charge in [-0.3, -0.25) is 19.3 Å². The summed E-state index contributed by atoms with van der Waals surface area (Å²) in [7, 11) is 3.58. The van der Waals surface area contributed by atoms with E-state index in [1.54, 1.807) is 48.0 Å². The molecule has 2 aliphatic heterocycles. The van der Waals surface area contributed by atoms with Crippen LogP contribution in [-0.4, -0.2) is 54.3 Å². The van der Waals surface area contributed by atoms with E-state index in [0.29, 0.717) is 69.4 Å². The van der Waals surface area contributed by atoms with Crippen molar-refractivity contribution in [2.24, 2.45) is 14.1 Å². The number of anilines is 2. The molecule has 0 fully saturated rings. The number of hydrogen-bond acceptors (Lipinski definition) is 5. The first-order valence-electron chi connectivity index (χ1n) is 19.8. The molecule has 304 valence electrons. The van der Waals surface area contributed by atoms with E-state index in [1.165, 1.54) is 46.9 Å². The highest BCUT2D eigenvalue weighted by Crippen LogP contribution is 2.39. The second-order valence-corrected chi connectivity index (χ2v) is 15.8. The number of halogens is 2. The third-order valence-electron chi connectivity index (χ3n) is 12.3. The van der Waals surface area contributed by atoms with Crippen molar-refractivity contribution in [1.82, 2.24) is 18.9 Å². The lowest BCUT2D eigenvalue weighted by molar-refractivity contribution is -0.160. The Labute approximate surface area is 347 Å². The summed E-state index contributed by atoms with van der Waals surface area (Å²) in [6.45, 7) is 5.97. The Balaban J connectivity index is 1.23. The zero-order valence-electron chi connectivity index (χ0n) is 34.0. The Bertz CT molecular complexity index is 2730. The highest BCUT2D eigenvalue weighted by molar-refractivity contribution is 6.13. The van der Waals surface area contributed by atoms with E-state index in [4.69, 9.17) is 0 Å². The van der Waals surface area contributed by atoms with Gasteiger partial charge >= 0.3 is 5.92 Å². The molecule has 2 aromatic heterocycles. The van der Waals surface area contributed by atoms with Crippen LogP contribution in [0.25, 0.3) is 11.3 Å². The molecule has 1 atom stereocenters. The van der Waals surface area contributed by atoms with Crippen LogP contribution in [0.1, 0.15) is 72.5 Å². The average Bonchev–Trinajstić information content (AvgIpc) is 3.72. The number of alkyl halides is 2. The van der Waals surface area contributed by atoms with Gasteiger partial charge in [0.1, 0.15) is 17.5 Å². The molecule has 4 aromatic carbocycles. The van der Waals surface area contributed by atoms with Gasteiger partial charge in [-0.2, -0.15) is 14.0 Å². The van der Waals surface area contributed by atoms with Crippen LogP contribution >= 0.6 is 0 Å². The number of amides is 3. The van der Waals surface area contributed by atoms with E-state index in [2.05, 4.69) is 12.1 Å². The molecule has 4 heterocycles. The van der Waals surface area contributed by atoms with Gasteiger partial charge in [0.05, 0.1) is 11.3 Å². The first-order chi connectivity index (χ1) is 28.7. The molecule has 0 unspecified atom stereocenters. The van der Waals surface area contributed by atoms with Crippen LogP contribution < -0.4 is 4.90 Å². The van der Waals surface area contributed by atoms with Gasteiger partial charge in [0.2, 0.25) is 0 Å². The van der Waals surface area contributed by atoms with E-state index in [9.17, 15) is 24.8 Å². The Morgan fingerprint density at radius 1 is 0.800 bits per heavy atom. The number of carbonyl (C=O) groups excluding carboxylic acids is 3. The largest absolute Gasteiger partial charge is 0.508 e. The molecular formula is C48H44F2N6O4. The van der Waals surface area contributed by atoms with Crippen LogP contribution in [0.4, 0.5) is 20.2 Å². The predicted molar refractivity (Wildman–Crippen MR) is 224 cm³/mol. The van der Waals surface area contributed by atoms with Gasteiger partial charge in [0, 0.05) is 79.2 Å². The highest BCUT2D eigenvalue weighted by Gasteiger charge is 2.45. The fraction of sp³-hybridized carbons (Fsp3) is 0.250. The normalized spacial score (nSPS) is 14.9. The third kappa shape index (κ3) is 6.79. The summed E-state index contributed by atoms with van der Waals surface area (Å²) in [5, 5.41) is 20.0. The molecule has 0 aliphatic carbocycles. The van der Waals surface area contributed by atoms with Crippen LogP contribution in [0.15, 0.2) is 103 Å². The Hall–Kier alpha value is -7.00. The molecule has 12 heteroatoms. The quantitative estimate of drug-likeness (QED) is 0.174. The Kier molecular flexibility index (Phi) is 10.2. The van der Waals surface area contributed by atoms with Gasteiger partial charge in [0.15, 0.2) is 0 Å². The highest BCUT2D eigenvalue weighted by atomic mass is 19.3. The van der Waals surface area contributed by atoms with Gasteiger partial charge in [-0.1, -0.05) is 54.6 Å². The standard InChI is InChI=1S/C48H44F2N6O4/c1-29-21-32-11-9-10-12-34(32)28-55(29)45(58)42-23-35-27-54(47(60)48(49,50)36-13-7-6-8-14-36)20-19-33(35)22-41(42)44-25-40(30(2)53(44)5)46(59)56(37-15-17-39(57)18-16-37)43-24-38(26-51)52(4)31(43)3/h6-18,22-25,29,57H,19-21,27-28H2,1-5H3/t29-/m1/s1. The predicted octanol–water partition coefficient (Wildman–Crippen LogP) is 8.47. The molecule has 10 nitrogen and oxygen atoms in total. The molecule has 60 heavy (non-hydrogen) atoms. The lowest BCUT2D eigenvalue weighted by Gasteiger charge is -2.36. The Morgan fingerprint density at radius 2 is 1.48 bits per heavy atom. The first-order valence-corrected chi connectivity index (χ1v) is 19.8. The van der Waals surface area contributed by atoms with E-state index >= 15 is 8.78 Å². The van der Waals surface area contributed by atoms with Crippen molar-refractivity contribution in [2.75, 3.05) is 11.4 Å². The topological polar surface area (TPSA) is 115 Å². The number of benzene rings is 4. The van der Waals surface area contributed by atoms with E-state index in [-0.39, 0.29) is 48.7 Å². The summed E-state index contributed by atoms with van der Waals surface area (Å²) in [4.78, 5) is 47.9. The summed E-state index contributed by atoms with van der Waals surface area (Å²) in [6, 6.07) is 30.4. The molecule has 2 aliphatic rings. The van der Waals surface area contributed by atoms with Crippen molar-refractivity contribution in [3.63, 3.8) is 0 Å².